The van der Waals surface area contributed by atoms with Gasteiger partial charge in [0.15, 0.2) is 17.1 Å². The van der Waals surface area contributed by atoms with Crippen LogP contribution in [0.3, 0.4) is 0 Å². The van der Waals surface area contributed by atoms with E-state index >= 15 is 0 Å². The van der Waals surface area contributed by atoms with E-state index in [9.17, 15) is 18.4 Å². The minimum Gasteiger partial charge on any atom is -0.463 e. The fourth-order valence-electron chi connectivity index (χ4n) is 2.35. The SMILES string of the molecule is CN(CC(F)F)C(=O)c1cc(-c2ccco2)nc2c(C(N)=O)ncn12. The summed E-state index contributed by atoms with van der Waals surface area (Å²) in [6, 6.07) is 4.61. The predicted molar refractivity (Wildman–Crippen MR) is 82.2 cm³/mol. The van der Waals surface area contributed by atoms with E-state index < -0.39 is 24.8 Å². The second-order valence-electron chi connectivity index (χ2n) is 5.23. The maximum absolute atomic E-state index is 12.6. The van der Waals surface area contributed by atoms with Gasteiger partial charge in [0, 0.05) is 7.05 Å². The Balaban J connectivity index is 2.19. The first-order chi connectivity index (χ1) is 11.9. The van der Waals surface area contributed by atoms with Crippen molar-refractivity contribution < 1.29 is 22.8 Å². The molecule has 0 aromatic carbocycles. The molecule has 0 radical (unpaired) electrons. The molecule has 25 heavy (non-hydrogen) atoms. The van der Waals surface area contributed by atoms with Gasteiger partial charge < -0.3 is 15.1 Å². The van der Waals surface area contributed by atoms with Gasteiger partial charge in [0.2, 0.25) is 0 Å². The van der Waals surface area contributed by atoms with Crippen LogP contribution in [0.1, 0.15) is 21.0 Å². The average molecular weight is 349 g/mol. The molecule has 3 aromatic rings. The molecule has 3 heterocycles. The lowest BCUT2D eigenvalue weighted by molar-refractivity contribution is 0.0614. The fraction of sp³-hybridized carbons (Fsp3) is 0.200. The Morgan fingerprint density at radius 1 is 1.44 bits per heavy atom. The number of carbonyl (C=O) groups excluding carboxylic acids is 2. The molecular formula is C15H13F2N5O3. The maximum Gasteiger partial charge on any atom is 0.271 e. The molecule has 0 unspecified atom stereocenters. The van der Waals surface area contributed by atoms with Crippen LogP contribution >= 0.6 is 0 Å². The van der Waals surface area contributed by atoms with Crippen LogP contribution in [0.15, 0.2) is 35.2 Å². The highest BCUT2D eigenvalue weighted by atomic mass is 19.3. The molecular weight excluding hydrogens is 336 g/mol. The highest BCUT2D eigenvalue weighted by molar-refractivity contribution is 5.99. The molecule has 2 amide bonds. The van der Waals surface area contributed by atoms with Crippen molar-refractivity contribution in [2.45, 2.75) is 6.43 Å². The van der Waals surface area contributed by atoms with Gasteiger partial charge in [-0.2, -0.15) is 0 Å². The van der Waals surface area contributed by atoms with Gasteiger partial charge in [-0.15, -0.1) is 0 Å². The molecule has 0 fully saturated rings. The normalized spacial score (nSPS) is 11.2. The summed E-state index contributed by atoms with van der Waals surface area (Å²) in [5, 5.41) is 0. The van der Waals surface area contributed by atoms with E-state index in [2.05, 4.69) is 9.97 Å². The number of alkyl halides is 2. The van der Waals surface area contributed by atoms with E-state index in [1.54, 1.807) is 12.1 Å². The van der Waals surface area contributed by atoms with E-state index in [0.29, 0.717) is 5.76 Å². The Kier molecular flexibility index (Phi) is 4.17. The second kappa shape index (κ2) is 6.30. The fourth-order valence-corrected chi connectivity index (χ4v) is 2.35. The highest BCUT2D eigenvalue weighted by Crippen LogP contribution is 2.22. The number of aromatic nitrogens is 3. The molecule has 3 rings (SSSR count). The summed E-state index contributed by atoms with van der Waals surface area (Å²) < 4.78 is 31.7. The number of nitrogens with zero attached hydrogens (tertiary/aromatic N) is 4. The van der Waals surface area contributed by atoms with Gasteiger partial charge in [-0.1, -0.05) is 0 Å². The molecule has 0 aliphatic rings. The smallest absolute Gasteiger partial charge is 0.271 e. The summed E-state index contributed by atoms with van der Waals surface area (Å²) in [7, 11) is 1.25. The number of amides is 2. The lowest BCUT2D eigenvalue weighted by Crippen LogP contribution is -2.32. The Morgan fingerprint density at radius 2 is 2.20 bits per heavy atom. The number of hydrogen-bond acceptors (Lipinski definition) is 5. The van der Waals surface area contributed by atoms with Crippen LogP contribution in [0, 0.1) is 0 Å². The molecule has 130 valence electrons. The first-order valence-corrected chi connectivity index (χ1v) is 7.14. The van der Waals surface area contributed by atoms with E-state index in [4.69, 9.17) is 10.2 Å². The molecule has 2 N–H and O–H groups in total. The van der Waals surface area contributed by atoms with Gasteiger partial charge >= 0.3 is 0 Å². The van der Waals surface area contributed by atoms with Gasteiger partial charge in [0.25, 0.3) is 18.2 Å². The number of hydrogen-bond donors (Lipinski definition) is 1. The van der Waals surface area contributed by atoms with Crippen molar-refractivity contribution >= 4 is 17.5 Å². The Hall–Kier alpha value is -3.30. The highest BCUT2D eigenvalue weighted by Gasteiger charge is 2.23. The summed E-state index contributed by atoms with van der Waals surface area (Å²) in [5.41, 5.74) is 5.41. The summed E-state index contributed by atoms with van der Waals surface area (Å²) >= 11 is 0. The third-order valence-corrected chi connectivity index (χ3v) is 3.49. The number of fused-ring (bicyclic) bond motifs is 1. The summed E-state index contributed by atoms with van der Waals surface area (Å²) in [6.45, 7) is -0.740. The van der Waals surface area contributed by atoms with Gasteiger partial charge in [0.1, 0.15) is 17.7 Å². The zero-order chi connectivity index (χ0) is 18.1. The van der Waals surface area contributed by atoms with Crippen molar-refractivity contribution in [3.05, 3.63) is 42.2 Å². The quantitative estimate of drug-likeness (QED) is 0.750. The van der Waals surface area contributed by atoms with Crippen LogP contribution in [0.5, 0.6) is 0 Å². The topological polar surface area (TPSA) is 107 Å². The van der Waals surface area contributed by atoms with E-state index in [1.807, 2.05) is 0 Å². The van der Waals surface area contributed by atoms with E-state index in [0.717, 1.165) is 4.90 Å². The van der Waals surface area contributed by atoms with Gasteiger partial charge in [-0.25, -0.2) is 18.7 Å². The number of rotatable bonds is 5. The first kappa shape index (κ1) is 16.6. The van der Waals surface area contributed by atoms with Crippen molar-refractivity contribution in [3.8, 4) is 11.5 Å². The van der Waals surface area contributed by atoms with Crippen molar-refractivity contribution in [1.29, 1.82) is 0 Å². The van der Waals surface area contributed by atoms with Crippen LogP contribution in [-0.4, -0.2) is 51.1 Å². The maximum atomic E-state index is 12.6. The molecule has 10 heteroatoms. The first-order valence-electron chi connectivity index (χ1n) is 7.14. The van der Waals surface area contributed by atoms with Crippen molar-refractivity contribution in [2.75, 3.05) is 13.6 Å². The molecule has 0 atom stereocenters. The lowest BCUT2D eigenvalue weighted by Gasteiger charge is -2.17. The lowest BCUT2D eigenvalue weighted by atomic mass is 10.2. The van der Waals surface area contributed by atoms with Crippen LogP contribution in [0.2, 0.25) is 0 Å². The van der Waals surface area contributed by atoms with Crippen LogP contribution in [0.4, 0.5) is 8.78 Å². The third kappa shape index (κ3) is 3.05. The Labute approximate surface area is 139 Å². The summed E-state index contributed by atoms with van der Waals surface area (Å²) in [6.07, 6.45) is -0.0748. The van der Waals surface area contributed by atoms with Crippen LogP contribution < -0.4 is 5.73 Å². The van der Waals surface area contributed by atoms with Crippen molar-refractivity contribution in [2.24, 2.45) is 5.73 Å². The van der Waals surface area contributed by atoms with Gasteiger partial charge in [0.05, 0.1) is 12.8 Å². The minimum absolute atomic E-state index is 0.000417. The average Bonchev–Trinajstić information content (AvgIpc) is 3.21. The molecule has 0 bridgehead atoms. The Bertz CT molecular complexity index is 936. The van der Waals surface area contributed by atoms with Crippen molar-refractivity contribution in [3.63, 3.8) is 0 Å². The molecule has 3 aromatic heterocycles. The molecule has 8 nitrogen and oxygen atoms in total. The van der Waals surface area contributed by atoms with Crippen LogP contribution in [-0.2, 0) is 0 Å². The monoisotopic (exact) mass is 349 g/mol. The van der Waals surface area contributed by atoms with E-state index in [1.165, 1.54) is 30.1 Å². The zero-order valence-corrected chi connectivity index (χ0v) is 13.0. The van der Waals surface area contributed by atoms with E-state index in [-0.39, 0.29) is 22.7 Å². The number of primary amides is 1. The molecule has 0 spiro atoms. The standard InChI is InChI=1S/C15H13F2N5O3/c1-21(6-11(16)17)15(24)9-5-8(10-3-2-4-25-10)20-14-12(13(18)23)19-7-22(9)14/h2-5,7,11H,6H2,1H3,(H2,18,23). The molecule has 0 saturated carbocycles. The number of carbonyl (C=O) groups is 2. The van der Waals surface area contributed by atoms with Crippen LogP contribution in [0.25, 0.3) is 17.1 Å². The Morgan fingerprint density at radius 3 is 2.80 bits per heavy atom. The third-order valence-electron chi connectivity index (χ3n) is 3.49. The largest absolute Gasteiger partial charge is 0.463 e. The number of nitrogens with two attached hydrogens (primary N) is 1. The zero-order valence-electron chi connectivity index (χ0n) is 13.0. The summed E-state index contributed by atoms with van der Waals surface area (Å²) in [5.74, 6) is -1.18. The predicted octanol–water partition coefficient (Wildman–Crippen LogP) is 1.43. The molecule has 0 aliphatic heterocycles. The van der Waals surface area contributed by atoms with Gasteiger partial charge in [-0.05, 0) is 18.2 Å². The van der Waals surface area contributed by atoms with Gasteiger partial charge in [-0.3, -0.25) is 14.0 Å². The molecule has 0 aliphatic carbocycles. The minimum atomic E-state index is -2.68. The van der Waals surface area contributed by atoms with Crippen molar-refractivity contribution in [1.82, 2.24) is 19.3 Å². The summed E-state index contributed by atoms with van der Waals surface area (Å²) in [4.78, 5) is 33.1. The number of furan rings is 1. The second-order valence-corrected chi connectivity index (χ2v) is 5.23. The molecule has 0 saturated heterocycles. The number of halogens is 2. The number of imidazole rings is 1.